The minimum Gasteiger partial charge on any atom is -0.465 e. The summed E-state index contributed by atoms with van der Waals surface area (Å²) in [4.78, 5) is 13.0. The summed E-state index contributed by atoms with van der Waals surface area (Å²) in [6, 6.07) is 19.5. The highest BCUT2D eigenvalue weighted by Gasteiger charge is 2.25. The standard InChI is InChI=1S/C19H18ClNO2S/c1-2-23-19(22)15(13-21)12-18(14-6-4-3-5-7-14)24-17-10-8-16(20)9-11-17/h3-11,15,18H,2,12H2,1H3. The Kier molecular flexibility index (Phi) is 7.17. The summed E-state index contributed by atoms with van der Waals surface area (Å²) in [7, 11) is 0. The normalized spacial score (nSPS) is 12.9. The molecule has 0 N–H and O–H groups in total. The molecule has 2 aromatic rings. The second-order valence-electron chi connectivity index (χ2n) is 5.14. The van der Waals surface area contributed by atoms with Crippen molar-refractivity contribution in [3.05, 3.63) is 65.2 Å². The SMILES string of the molecule is CCOC(=O)C(C#N)CC(Sc1ccc(Cl)cc1)c1ccccc1. The lowest BCUT2D eigenvalue weighted by atomic mass is 10.0. The van der Waals surface area contributed by atoms with E-state index in [4.69, 9.17) is 16.3 Å². The van der Waals surface area contributed by atoms with E-state index in [2.05, 4.69) is 6.07 Å². The van der Waals surface area contributed by atoms with Crippen molar-refractivity contribution in [2.75, 3.05) is 6.61 Å². The van der Waals surface area contributed by atoms with Crippen LogP contribution in [0.2, 0.25) is 5.02 Å². The van der Waals surface area contributed by atoms with Crippen LogP contribution in [-0.2, 0) is 9.53 Å². The van der Waals surface area contributed by atoms with Gasteiger partial charge < -0.3 is 4.74 Å². The maximum atomic E-state index is 12.0. The smallest absolute Gasteiger partial charge is 0.323 e. The summed E-state index contributed by atoms with van der Waals surface area (Å²) in [6.45, 7) is 2.01. The second-order valence-corrected chi connectivity index (χ2v) is 6.85. The topological polar surface area (TPSA) is 50.1 Å². The van der Waals surface area contributed by atoms with Gasteiger partial charge in [0, 0.05) is 15.2 Å². The zero-order valence-electron chi connectivity index (χ0n) is 13.3. The van der Waals surface area contributed by atoms with Crippen molar-refractivity contribution in [1.29, 1.82) is 5.26 Å². The number of rotatable bonds is 7. The molecule has 0 aliphatic rings. The van der Waals surface area contributed by atoms with E-state index in [1.807, 2.05) is 54.6 Å². The lowest BCUT2D eigenvalue weighted by molar-refractivity contribution is -0.146. The number of thioether (sulfide) groups is 1. The van der Waals surface area contributed by atoms with Gasteiger partial charge in [-0.05, 0) is 43.2 Å². The van der Waals surface area contributed by atoms with Crippen LogP contribution >= 0.6 is 23.4 Å². The average Bonchev–Trinajstić information content (AvgIpc) is 2.61. The van der Waals surface area contributed by atoms with E-state index >= 15 is 0 Å². The number of carbonyl (C=O) groups is 1. The molecule has 0 bridgehead atoms. The van der Waals surface area contributed by atoms with E-state index in [1.54, 1.807) is 18.7 Å². The molecule has 0 aliphatic carbocycles. The number of esters is 1. The molecule has 0 saturated heterocycles. The molecule has 0 aliphatic heterocycles. The molecule has 3 nitrogen and oxygen atoms in total. The van der Waals surface area contributed by atoms with Crippen LogP contribution in [0, 0.1) is 17.2 Å². The third kappa shape index (κ3) is 5.30. The van der Waals surface area contributed by atoms with Gasteiger partial charge in [-0.25, -0.2) is 0 Å². The van der Waals surface area contributed by atoms with Crippen LogP contribution in [0.3, 0.4) is 0 Å². The minimum absolute atomic E-state index is 0.0265. The molecule has 2 atom stereocenters. The minimum atomic E-state index is -0.782. The van der Waals surface area contributed by atoms with Crippen LogP contribution in [0.15, 0.2) is 59.5 Å². The number of hydrogen-bond acceptors (Lipinski definition) is 4. The van der Waals surface area contributed by atoms with Crippen LogP contribution in [0.5, 0.6) is 0 Å². The Balaban J connectivity index is 2.21. The number of benzene rings is 2. The van der Waals surface area contributed by atoms with Crippen LogP contribution < -0.4 is 0 Å². The van der Waals surface area contributed by atoms with Crippen molar-refractivity contribution in [2.24, 2.45) is 5.92 Å². The first-order valence-corrected chi connectivity index (χ1v) is 8.93. The van der Waals surface area contributed by atoms with Crippen molar-refractivity contribution in [1.82, 2.24) is 0 Å². The number of carbonyl (C=O) groups excluding carboxylic acids is 1. The Labute approximate surface area is 151 Å². The van der Waals surface area contributed by atoms with Gasteiger partial charge in [-0.2, -0.15) is 5.26 Å². The molecule has 2 aromatic carbocycles. The molecule has 0 amide bonds. The predicted molar refractivity (Wildman–Crippen MR) is 96.8 cm³/mol. The molecule has 0 heterocycles. The van der Waals surface area contributed by atoms with E-state index in [1.165, 1.54) is 0 Å². The van der Waals surface area contributed by atoms with E-state index in [9.17, 15) is 10.1 Å². The van der Waals surface area contributed by atoms with Crippen LogP contribution in [-0.4, -0.2) is 12.6 Å². The van der Waals surface area contributed by atoms with E-state index < -0.39 is 11.9 Å². The van der Waals surface area contributed by atoms with Crippen LogP contribution in [0.1, 0.15) is 24.2 Å². The summed E-state index contributed by atoms with van der Waals surface area (Å²) >= 11 is 7.55. The van der Waals surface area contributed by atoms with Gasteiger partial charge in [0.05, 0.1) is 12.7 Å². The first-order valence-electron chi connectivity index (χ1n) is 7.67. The quantitative estimate of drug-likeness (QED) is 0.499. The first kappa shape index (κ1) is 18.4. The van der Waals surface area contributed by atoms with Gasteiger partial charge in [-0.1, -0.05) is 41.9 Å². The summed E-state index contributed by atoms with van der Waals surface area (Å²) in [5, 5.41) is 10.00. The molecule has 0 spiro atoms. The number of nitrogens with zero attached hydrogens (tertiary/aromatic N) is 1. The van der Waals surface area contributed by atoms with E-state index in [-0.39, 0.29) is 11.9 Å². The van der Waals surface area contributed by atoms with Crippen molar-refractivity contribution < 1.29 is 9.53 Å². The number of halogens is 1. The Morgan fingerprint density at radius 2 is 1.88 bits per heavy atom. The molecule has 0 aromatic heterocycles. The van der Waals surface area contributed by atoms with Gasteiger partial charge in [0.25, 0.3) is 0 Å². The molecular formula is C19H18ClNO2S. The van der Waals surface area contributed by atoms with Gasteiger partial charge in [0.1, 0.15) is 5.92 Å². The lowest BCUT2D eigenvalue weighted by Crippen LogP contribution is -2.18. The fourth-order valence-corrected chi connectivity index (χ4v) is 3.59. The van der Waals surface area contributed by atoms with E-state index in [0.717, 1.165) is 10.5 Å². The highest BCUT2D eigenvalue weighted by atomic mass is 35.5. The highest BCUT2D eigenvalue weighted by molar-refractivity contribution is 7.99. The van der Waals surface area contributed by atoms with Gasteiger partial charge in [-0.15, -0.1) is 11.8 Å². The van der Waals surface area contributed by atoms with Gasteiger partial charge >= 0.3 is 5.97 Å². The van der Waals surface area contributed by atoms with Crippen molar-refractivity contribution in [3.8, 4) is 6.07 Å². The van der Waals surface area contributed by atoms with Crippen molar-refractivity contribution in [2.45, 2.75) is 23.5 Å². The molecule has 24 heavy (non-hydrogen) atoms. The molecule has 0 saturated carbocycles. The highest BCUT2D eigenvalue weighted by Crippen LogP contribution is 2.40. The Hall–Kier alpha value is -1.96. The zero-order chi connectivity index (χ0) is 17.4. The monoisotopic (exact) mass is 359 g/mol. The van der Waals surface area contributed by atoms with Gasteiger partial charge in [0.15, 0.2) is 0 Å². The van der Waals surface area contributed by atoms with Gasteiger partial charge in [0.2, 0.25) is 0 Å². The maximum absolute atomic E-state index is 12.0. The van der Waals surface area contributed by atoms with Crippen LogP contribution in [0.25, 0.3) is 0 Å². The largest absolute Gasteiger partial charge is 0.465 e. The molecule has 124 valence electrons. The molecule has 2 rings (SSSR count). The summed E-state index contributed by atoms with van der Waals surface area (Å²) in [5.41, 5.74) is 1.07. The predicted octanol–water partition coefficient (Wildman–Crippen LogP) is 5.27. The van der Waals surface area contributed by atoms with Crippen LogP contribution in [0.4, 0.5) is 0 Å². The lowest BCUT2D eigenvalue weighted by Gasteiger charge is -2.19. The first-order chi connectivity index (χ1) is 11.6. The summed E-state index contributed by atoms with van der Waals surface area (Å²) in [5.74, 6) is -1.24. The van der Waals surface area contributed by atoms with E-state index in [0.29, 0.717) is 11.4 Å². The molecule has 0 radical (unpaired) electrons. The average molecular weight is 360 g/mol. The number of hydrogen-bond donors (Lipinski definition) is 0. The van der Waals surface area contributed by atoms with Gasteiger partial charge in [-0.3, -0.25) is 4.79 Å². The Morgan fingerprint density at radius 1 is 1.21 bits per heavy atom. The third-order valence-corrected chi connectivity index (χ3v) is 4.99. The molecule has 2 unspecified atom stereocenters. The van der Waals surface area contributed by atoms with Crippen molar-refractivity contribution in [3.63, 3.8) is 0 Å². The zero-order valence-corrected chi connectivity index (χ0v) is 14.9. The molecule has 5 heteroatoms. The van der Waals surface area contributed by atoms with Crippen molar-refractivity contribution >= 4 is 29.3 Å². The maximum Gasteiger partial charge on any atom is 0.323 e. The Morgan fingerprint density at radius 3 is 2.46 bits per heavy atom. The molecule has 0 fully saturated rings. The second kappa shape index (κ2) is 9.36. The Bertz CT molecular complexity index is 698. The fraction of sp³-hybridized carbons (Fsp3) is 0.263. The third-order valence-electron chi connectivity index (χ3n) is 3.44. The fourth-order valence-electron chi connectivity index (χ4n) is 2.26. The molecular weight excluding hydrogens is 342 g/mol. The number of nitriles is 1. The summed E-state index contributed by atoms with van der Waals surface area (Å²) < 4.78 is 5.01. The number of ether oxygens (including phenoxy) is 1. The summed E-state index contributed by atoms with van der Waals surface area (Å²) in [6.07, 6.45) is 0.395.